The Bertz CT molecular complexity index is 436. The van der Waals surface area contributed by atoms with E-state index >= 15 is 0 Å². The molecule has 2 unspecified atom stereocenters. The van der Waals surface area contributed by atoms with E-state index in [0.29, 0.717) is 11.5 Å². The zero-order valence-corrected chi connectivity index (χ0v) is 14.2. The minimum absolute atomic E-state index is 0.286. The van der Waals surface area contributed by atoms with Crippen LogP contribution in [-0.4, -0.2) is 12.4 Å². The van der Waals surface area contributed by atoms with Gasteiger partial charge in [0.1, 0.15) is 18.1 Å². The van der Waals surface area contributed by atoms with Crippen molar-refractivity contribution in [2.75, 3.05) is 0 Å². The van der Waals surface area contributed by atoms with Crippen LogP contribution >= 0.6 is 31.9 Å². The van der Waals surface area contributed by atoms with Crippen LogP contribution in [0.25, 0.3) is 0 Å². The van der Waals surface area contributed by atoms with Gasteiger partial charge in [-0.2, -0.15) is 0 Å². The van der Waals surface area contributed by atoms with Gasteiger partial charge in [-0.1, -0.05) is 13.3 Å². The first kappa shape index (κ1) is 15.0. The minimum atomic E-state index is 0.286. The van der Waals surface area contributed by atoms with Crippen molar-refractivity contribution >= 4 is 38.1 Å². The molecule has 0 saturated heterocycles. The fraction of sp³-hybridized carbons (Fsp3) is 0.533. The second kappa shape index (κ2) is 6.89. The van der Waals surface area contributed by atoms with Gasteiger partial charge in [0.2, 0.25) is 0 Å². The van der Waals surface area contributed by atoms with E-state index in [1.165, 1.54) is 19.3 Å². The van der Waals surface area contributed by atoms with Crippen LogP contribution in [0.3, 0.4) is 0 Å². The summed E-state index contributed by atoms with van der Waals surface area (Å²) in [5.74, 6) is 1.45. The first-order valence-corrected chi connectivity index (χ1v) is 8.35. The summed E-state index contributed by atoms with van der Waals surface area (Å²) in [6, 6.07) is 3.60. The van der Waals surface area contributed by atoms with Crippen molar-refractivity contribution in [3.05, 3.63) is 26.6 Å². The van der Waals surface area contributed by atoms with Crippen molar-refractivity contribution in [1.82, 2.24) is 0 Å². The standard InChI is InChI=1S/C15H18Br2O2/c1-2-11-5-3-4-6-14(11)19-15-12(16)7-10(9-18)8-13(15)17/h7-9,11,14H,2-6H2,1H3. The molecule has 1 aromatic carbocycles. The van der Waals surface area contributed by atoms with Gasteiger partial charge in [0.25, 0.3) is 0 Å². The molecule has 1 aromatic rings. The Morgan fingerprint density at radius 3 is 2.47 bits per heavy atom. The number of hydrogen-bond acceptors (Lipinski definition) is 2. The third-order valence-electron chi connectivity index (χ3n) is 3.79. The van der Waals surface area contributed by atoms with Crippen molar-refractivity contribution in [3.63, 3.8) is 0 Å². The first-order chi connectivity index (χ1) is 9.15. The van der Waals surface area contributed by atoms with Gasteiger partial charge < -0.3 is 4.74 Å². The number of rotatable bonds is 4. The van der Waals surface area contributed by atoms with Crippen LogP contribution in [0.2, 0.25) is 0 Å². The van der Waals surface area contributed by atoms with E-state index in [4.69, 9.17) is 4.74 Å². The molecule has 0 radical (unpaired) electrons. The summed E-state index contributed by atoms with van der Waals surface area (Å²) in [5.41, 5.74) is 0.641. The SMILES string of the molecule is CCC1CCCCC1Oc1c(Br)cc(C=O)cc1Br. The van der Waals surface area contributed by atoms with Gasteiger partial charge in [-0.25, -0.2) is 0 Å². The Balaban J connectivity index is 2.20. The van der Waals surface area contributed by atoms with Gasteiger partial charge >= 0.3 is 0 Å². The predicted molar refractivity (Wildman–Crippen MR) is 83.9 cm³/mol. The molecule has 0 heterocycles. The number of aldehydes is 1. The number of carbonyl (C=O) groups excluding carboxylic acids is 1. The lowest BCUT2D eigenvalue weighted by atomic mass is 9.85. The first-order valence-electron chi connectivity index (χ1n) is 6.76. The molecule has 2 nitrogen and oxygen atoms in total. The zero-order valence-electron chi connectivity index (χ0n) is 11.0. The molecule has 104 valence electrons. The number of benzene rings is 1. The maximum atomic E-state index is 10.8. The molecule has 0 bridgehead atoms. The van der Waals surface area contributed by atoms with Gasteiger partial charge in [0.15, 0.2) is 0 Å². The summed E-state index contributed by atoms with van der Waals surface area (Å²) in [7, 11) is 0. The van der Waals surface area contributed by atoms with E-state index < -0.39 is 0 Å². The average Bonchev–Trinajstić information content (AvgIpc) is 2.43. The molecule has 1 aliphatic rings. The lowest BCUT2D eigenvalue weighted by molar-refractivity contribution is 0.0888. The monoisotopic (exact) mass is 388 g/mol. The predicted octanol–water partition coefficient (Wildman–Crippen LogP) is 5.37. The van der Waals surface area contributed by atoms with Crippen molar-refractivity contribution < 1.29 is 9.53 Å². The highest BCUT2D eigenvalue weighted by Gasteiger charge is 2.26. The highest BCUT2D eigenvalue weighted by Crippen LogP contribution is 2.38. The van der Waals surface area contributed by atoms with Crippen LogP contribution in [0.1, 0.15) is 49.4 Å². The van der Waals surface area contributed by atoms with Crippen LogP contribution in [-0.2, 0) is 0 Å². The second-order valence-corrected chi connectivity index (χ2v) is 6.75. The molecule has 4 heteroatoms. The van der Waals surface area contributed by atoms with Crippen LogP contribution in [0.4, 0.5) is 0 Å². The maximum Gasteiger partial charge on any atom is 0.150 e. The Morgan fingerprint density at radius 2 is 1.89 bits per heavy atom. The summed E-state index contributed by atoms with van der Waals surface area (Å²) in [5, 5.41) is 0. The lowest BCUT2D eigenvalue weighted by Gasteiger charge is -2.31. The minimum Gasteiger partial charge on any atom is -0.488 e. The number of hydrogen-bond donors (Lipinski definition) is 0. The van der Waals surface area contributed by atoms with E-state index in [0.717, 1.165) is 33.8 Å². The Kier molecular flexibility index (Phi) is 5.46. The highest BCUT2D eigenvalue weighted by molar-refractivity contribution is 9.11. The lowest BCUT2D eigenvalue weighted by Crippen LogP contribution is -2.30. The van der Waals surface area contributed by atoms with Gasteiger partial charge in [0, 0.05) is 5.56 Å². The summed E-state index contributed by atoms with van der Waals surface area (Å²) < 4.78 is 7.89. The van der Waals surface area contributed by atoms with Gasteiger partial charge in [-0.3, -0.25) is 4.79 Å². The summed E-state index contributed by atoms with van der Waals surface area (Å²) >= 11 is 6.99. The average molecular weight is 390 g/mol. The number of carbonyl (C=O) groups is 1. The fourth-order valence-electron chi connectivity index (χ4n) is 2.71. The van der Waals surface area contributed by atoms with Crippen LogP contribution in [0.5, 0.6) is 5.75 Å². The molecule has 1 fully saturated rings. The van der Waals surface area contributed by atoms with E-state index in [2.05, 4.69) is 38.8 Å². The smallest absolute Gasteiger partial charge is 0.150 e. The van der Waals surface area contributed by atoms with Gasteiger partial charge in [0.05, 0.1) is 8.95 Å². The van der Waals surface area contributed by atoms with E-state index in [1.807, 2.05) is 0 Å². The van der Waals surface area contributed by atoms with Crippen molar-refractivity contribution in [2.45, 2.75) is 45.1 Å². The van der Waals surface area contributed by atoms with Crippen LogP contribution in [0.15, 0.2) is 21.1 Å². The molecule has 0 aliphatic heterocycles. The molecular weight excluding hydrogens is 372 g/mol. The summed E-state index contributed by atoms with van der Waals surface area (Å²) in [6.07, 6.45) is 7.21. The second-order valence-electron chi connectivity index (χ2n) is 5.04. The molecule has 0 N–H and O–H groups in total. The molecule has 19 heavy (non-hydrogen) atoms. The Labute approximate surface area is 131 Å². The molecule has 0 spiro atoms. The molecule has 2 rings (SSSR count). The Morgan fingerprint density at radius 1 is 1.26 bits per heavy atom. The van der Waals surface area contributed by atoms with Crippen molar-refractivity contribution in [2.24, 2.45) is 5.92 Å². The maximum absolute atomic E-state index is 10.8. The molecule has 1 saturated carbocycles. The molecule has 0 amide bonds. The quantitative estimate of drug-likeness (QED) is 0.647. The van der Waals surface area contributed by atoms with E-state index in [1.54, 1.807) is 12.1 Å². The molecule has 1 aliphatic carbocycles. The third-order valence-corrected chi connectivity index (χ3v) is 4.97. The normalized spacial score (nSPS) is 23.1. The number of halogens is 2. The third kappa shape index (κ3) is 3.60. The highest BCUT2D eigenvalue weighted by atomic mass is 79.9. The summed E-state index contributed by atoms with van der Waals surface area (Å²) in [6.45, 7) is 2.23. The van der Waals surface area contributed by atoms with Gasteiger partial charge in [-0.15, -0.1) is 0 Å². The van der Waals surface area contributed by atoms with Crippen molar-refractivity contribution in [1.29, 1.82) is 0 Å². The Hall–Kier alpha value is -0.350. The van der Waals surface area contributed by atoms with Crippen LogP contribution in [0, 0.1) is 5.92 Å². The largest absolute Gasteiger partial charge is 0.488 e. The fourth-order valence-corrected chi connectivity index (χ4v) is 4.12. The molecular formula is C15H18Br2O2. The van der Waals surface area contributed by atoms with Crippen LogP contribution < -0.4 is 4.74 Å². The van der Waals surface area contributed by atoms with E-state index in [-0.39, 0.29) is 6.10 Å². The topological polar surface area (TPSA) is 26.3 Å². The summed E-state index contributed by atoms with van der Waals surface area (Å²) in [4.78, 5) is 10.8. The van der Waals surface area contributed by atoms with E-state index in [9.17, 15) is 4.79 Å². The molecule has 0 aromatic heterocycles. The zero-order chi connectivity index (χ0) is 13.8. The number of ether oxygens (including phenoxy) is 1. The molecule has 2 atom stereocenters. The van der Waals surface area contributed by atoms with Gasteiger partial charge in [-0.05, 0) is 75.6 Å². The van der Waals surface area contributed by atoms with Crippen molar-refractivity contribution in [3.8, 4) is 5.75 Å².